The van der Waals surface area contributed by atoms with Crippen molar-refractivity contribution in [2.24, 2.45) is 0 Å². The Morgan fingerprint density at radius 1 is 1.32 bits per heavy atom. The van der Waals surface area contributed by atoms with Crippen LogP contribution in [0.25, 0.3) is 0 Å². The van der Waals surface area contributed by atoms with Gasteiger partial charge >= 0.3 is 0 Å². The summed E-state index contributed by atoms with van der Waals surface area (Å²) in [5.74, 6) is 1.29. The van der Waals surface area contributed by atoms with Crippen molar-refractivity contribution in [1.29, 1.82) is 0 Å². The van der Waals surface area contributed by atoms with E-state index in [1.54, 1.807) is 24.1 Å². The molecule has 4 rings (SSSR count). The van der Waals surface area contributed by atoms with E-state index in [1.807, 2.05) is 26.0 Å². The van der Waals surface area contributed by atoms with E-state index in [2.05, 4.69) is 10.5 Å². The van der Waals surface area contributed by atoms with Crippen LogP contribution in [0.15, 0.2) is 28.8 Å². The Morgan fingerprint density at radius 2 is 2.14 bits per heavy atom. The predicted octanol–water partition coefficient (Wildman–Crippen LogP) is 2.77. The number of likely N-dealkylation sites (tertiary alicyclic amines) is 1. The number of rotatable bonds is 3. The van der Waals surface area contributed by atoms with Crippen molar-refractivity contribution in [1.82, 2.24) is 15.4 Å². The first-order valence-corrected chi connectivity index (χ1v) is 9.66. The van der Waals surface area contributed by atoms with Crippen molar-refractivity contribution in [3.63, 3.8) is 0 Å². The van der Waals surface area contributed by atoms with Crippen molar-refractivity contribution in [3.05, 3.63) is 46.8 Å². The number of nitrogens with one attached hydrogen (secondary N) is 1. The highest BCUT2D eigenvalue weighted by Crippen LogP contribution is 2.32. The molecule has 1 saturated heterocycles. The lowest BCUT2D eigenvalue weighted by Gasteiger charge is -2.28. The molecule has 148 valence electrons. The number of nitrogens with zero attached hydrogens (tertiary/aromatic N) is 2. The normalized spacial score (nSPS) is 21.6. The van der Waals surface area contributed by atoms with E-state index in [-0.39, 0.29) is 17.7 Å². The quantitative estimate of drug-likeness (QED) is 0.881. The summed E-state index contributed by atoms with van der Waals surface area (Å²) in [6.07, 6.45) is 2.30. The van der Waals surface area contributed by atoms with Crippen LogP contribution in [0.2, 0.25) is 0 Å². The second-order valence-corrected chi connectivity index (χ2v) is 8.00. The van der Waals surface area contributed by atoms with Gasteiger partial charge in [0.15, 0.2) is 5.69 Å². The monoisotopic (exact) mass is 383 g/mol. The van der Waals surface area contributed by atoms with E-state index in [4.69, 9.17) is 9.26 Å². The number of ether oxygens (including phenoxy) is 1. The Labute approximate surface area is 164 Å². The van der Waals surface area contributed by atoms with Crippen LogP contribution in [-0.4, -0.2) is 47.6 Å². The van der Waals surface area contributed by atoms with Gasteiger partial charge in [-0.15, -0.1) is 0 Å². The van der Waals surface area contributed by atoms with Crippen LogP contribution in [0.3, 0.4) is 0 Å². The molecule has 1 aromatic heterocycles. The van der Waals surface area contributed by atoms with Gasteiger partial charge in [-0.1, -0.05) is 25.1 Å². The topological polar surface area (TPSA) is 84.7 Å². The number of hydrogen-bond acceptors (Lipinski definition) is 5. The van der Waals surface area contributed by atoms with Crippen molar-refractivity contribution < 1.29 is 18.8 Å². The molecule has 2 aromatic rings. The van der Waals surface area contributed by atoms with Gasteiger partial charge in [0.1, 0.15) is 11.5 Å². The smallest absolute Gasteiger partial charge is 0.276 e. The number of benzene rings is 1. The van der Waals surface area contributed by atoms with Gasteiger partial charge in [0.05, 0.1) is 12.6 Å². The van der Waals surface area contributed by atoms with Crippen LogP contribution in [-0.2, 0) is 6.42 Å². The molecule has 0 radical (unpaired) electrons. The molecule has 7 nitrogen and oxygen atoms in total. The minimum atomic E-state index is -0.413. The molecule has 0 unspecified atom stereocenters. The molecule has 0 bridgehead atoms. The van der Waals surface area contributed by atoms with Gasteiger partial charge in [0.2, 0.25) is 0 Å². The largest absolute Gasteiger partial charge is 0.497 e. The van der Waals surface area contributed by atoms with Gasteiger partial charge in [-0.3, -0.25) is 9.59 Å². The van der Waals surface area contributed by atoms with Crippen LogP contribution in [0, 0.1) is 0 Å². The molecule has 0 saturated carbocycles. The summed E-state index contributed by atoms with van der Waals surface area (Å²) in [5, 5.41) is 7.12. The van der Waals surface area contributed by atoms with Gasteiger partial charge in [0, 0.05) is 30.6 Å². The summed E-state index contributed by atoms with van der Waals surface area (Å²) in [6.45, 7) is 5.05. The summed E-state index contributed by atoms with van der Waals surface area (Å²) in [6, 6.07) is 7.33. The van der Waals surface area contributed by atoms with E-state index >= 15 is 0 Å². The molecule has 7 heteroatoms. The number of amides is 2. The number of aromatic nitrogens is 1. The molecular weight excluding hydrogens is 358 g/mol. The number of carbonyl (C=O) groups is 2. The van der Waals surface area contributed by atoms with Crippen molar-refractivity contribution in [2.45, 2.75) is 44.6 Å². The third kappa shape index (κ3) is 3.25. The van der Waals surface area contributed by atoms with Crippen LogP contribution >= 0.6 is 0 Å². The molecule has 1 atom stereocenters. The zero-order valence-electron chi connectivity index (χ0n) is 16.4. The van der Waals surface area contributed by atoms with Crippen LogP contribution in [0.4, 0.5) is 0 Å². The average molecular weight is 383 g/mol. The maximum atomic E-state index is 12.9. The maximum Gasteiger partial charge on any atom is 0.276 e. The van der Waals surface area contributed by atoms with E-state index in [0.717, 1.165) is 24.8 Å². The van der Waals surface area contributed by atoms with Crippen LogP contribution < -0.4 is 10.1 Å². The lowest BCUT2D eigenvalue weighted by Crippen LogP contribution is -2.50. The summed E-state index contributed by atoms with van der Waals surface area (Å²) < 4.78 is 10.5. The third-order valence-corrected chi connectivity index (χ3v) is 5.77. The molecule has 0 aliphatic carbocycles. The Balaban J connectivity index is 1.51. The lowest BCUT2D eigenvalue weighted by molar-refractivity contribution is 0.0755. The third-order valence-electron chi connectivity index (χ3n) is 5.77. The molecule has 2 aliphatic rings. The highest BCUT2D eigenvalue weighted by atomic mass is 16.5. The zero-order chi connectivity index (χ0) is 19.9. The van der Waals surface area contributed by atoms with Gasteiger partial charge in [-0.05, 0) is 37.0 Å². The van der Waals surface area contributed by atoms with Crippen molar-refractivity contribution in [2.75, 3.05) is 20.2 Å². The predicted molar refractivity (Wildman–Crippen MR) is 103 cm³/mol. The Bertz CT molecular complexity index is 920. The van der Waals surface area contributed by atoms with Crippen LogP contribution in [0.1, 0.15) is 64.8 Å². The fourth-order valence-electron chi connectivity index (χ4n) is 4.03. The molecule has 1 N–H and O–H groups in total. The average Bonchev–Trinajstić information content (AvgIpc) is 3.31. The SMILES string of the molecule is COc1ccc2c(c1)C(=O)N[C@]1(CC2)CCN(C(=O)c2cc(C(C)C)on2)C1. The summed E-state index contributed by atoms with van der Waals surface area (Å²) in [7, 11) is 1.59. The summed E-state index contributed by atoms with van der Waals surface area (Å²) in [5.41, 5.74) is 1.58. The molecular formula is C21H25N3O4. The molecule has 2 aliphatic heterocycles. The number of aryl methyl sites for hydroxylation is 1. The zero-order valence-corrected chi connectivity index (χ0v) is 16.4. The number of methoxy groups -OCH3 is 1. The second kappa shape index (κ2) is 6.96. The van der Waals surface area contributed by atoms with E-state index in [1.165, 1.54) is 0 Å². The van der Waals surface area contributed by atoms with E-state index < -0.39 is 5.54 Å². The van der Waals surface area contributed by atoms with Crippen molar-refractivity contribution in [3.8, 4) is 5.75 Å². The summed E-state index contributed by atoms with van der Waals surface area (Å²) in [4.78, 5) is 27.5. The first-order chi connectivity index (χ1) is 13.4. The summed E-state index contributed by atoms with van der Waals surface area (Å²) >= 11 is 0. The Kier molecular flexibility index (Phi) is 4.61. The standard InChI is InChI=1S/C21H25N3O4/c1-13(2)18-11-17(23-28-18)20(26)24-9-8-21(12-24)7-6-14-4-5-15(27-3)10-16(14)19(25)22-21/h4-5,10-11,13H,6-9,12H2,1-3H3,(H,22,25)/t21-/m1/s1. The van der Waals surface area contributed by atoms with Crippen molar-refractivity contribution >= 4 is 11.8 Å². The number of fused-ring (bicyclic) bond motifs is 1. The lowest BCUT2D eigenvalue weighted by atomic mass is 9.91. The number of carbonyl (C=O) groups excluding carboxylic acids is 2. The minimum absolute atomic E-state index is 0.107. The molecule has 1 fully saturated rings. The van der Waals surface area contributed by atoms with Gasteiger partial charge in [0.25, 0.3) is 11.8 Å². The molecule has 1 aromatic carbocycles. The maximum absolute atomic E-state index is 12.9. The fourth-order valence-corrected chi connectivity index (χ4v) is 4.03. The van der Waals surface area contributed by atoms with E-state index in [9.17, 15) is 9.59 Å². The Hall–Kier alpha value is -2.83. The van der Waals surface area contributed by atoms with Gasteiger partial charge in [-0.25, -0.2) is 0 Å². The molecule has 1 spiro atoms. The second-order valence-electron chi connectivity index (χ2n) is 8.00. The molecule has 3 heterocycles. The van der Waals surface area contributed by atoms with Gasteiger partial charge in [-0.2, -0.15) is 0 Å². The highest BCUT2D eigenvalue weighted by molar-refractivity contribution is 5.97. The number of hydrogen-bond donors (Lipinski definition) is 1. The first-order valence-electron chi connectivity index (χ1n) is 9.66. The van der Waals surface area contributed by atoms with Crippen LogP contribution in [0.5, 0.6) is 5.75 Å². The van der Waals surface area contributed by atoms with Gasteiger partial charge < -0.3 is 19.5 Å². The molecule has 28 heavy (non-hydrogen) atoms. The fraction of sp³-hybridized carbons (Fsp3) is 0.476. The first kappa shape index (κ1) is 18.5. The molecule has 2 amide bonds. The Morgan fingerprint density at radius 3 is 2.86 bits per heavy atom. The minimum Gasteiger partial charge on any atom is -0.497 e. The van der Waals surface area contributed by atoms with E-state index in [0.29, 0.717) is 35.9 Å². The highest BCUT2D eigenvalue weighted by Gasteiger charge is 2.43.